The molecule has 15 heavy (non-hydrogen) atoms. The van der Waals surface area contributed by atoms with Crippen molar-refractivity contribution in [1.82, 2.24) is 10.6 Å². The quantitative estimate of drug-likeness (QED) is 0.584. The molecule has 0 saturated heterocycles. The third-order valence-electron chi connectivity index (χ3n) is 2.39. The molecule has 88 valence electrons. The Morgan fingerprint density at radius 1 is 1.33 bits per heavy atom. The molecule has 3 unspecified atom stereocenters. The minimum absolute atomic E-state index is 0.0273. The Labute approximate surface area is 90.8 Å². The molecule has 0 aliphatic carbocycles. The van der Waals surface area contributed by atoms with E-state index in [9.17, 15) is 9.59 Å². The second-order valence-electron chi connectivity index (χ2n) is 3.90. The lowest BCUT2D eigenvalue weighted by Gasteiger charge is -2.22. The molecule has 0 rings (SSSR count). The highest BCUT2D eigenvalue weighted by Gasteiger charge is 2.20. The maximum absolute atomic E-state index is 11.2. The molecule has 0 fully saturated rings. The molecule has 0 aromatic heterocycles. The lowest BCUT2D eigenvalue weighted by molar-refractivity contribution is -0.124. The Balaban J connectivity index is 4.06. The van der Waals surface area contributed by atoms with Gasteiger partial charge in [-0.2, -0.15) is 0 Å². The van der Waals surface area contributed by atoms with Gasteiger partial charge in [0.25, 0.3) is 0 Å². The van der Waals surface area contributed by atoms with E-state index in [4.69, 9.17) is 5.73 Å². The predicted octanol–water partition coefficient (Wildman–Crippen LogP) is -0.389. The van der Waals surface area contributed by atoms with Crippen molar-refractivity contribution < 1.29 is 9.59 Å². The van der Waals surface area contributed by atoms with Gasteiger partial charge in [0, 0.05) is 32.0 Å². The largest absolute Gasteiger partial charge is 0.359 e. The lowest BCUT2D eigenvalue weighted by atomic mass is 9.97. The summed E-state index contributed by atoms with van der Waals surface area (Å²) >= 11 is 0. The molecular weight excluding hydrogens is 194 g/mol. The van der Waals surface area contributed by atoms with Crippen molar-refractivity contribution in [3.8, 4) is 0 Å². The number of amides is 2. The first kappa shape index (κ1) is 13.9. The molecule has 5 heteroatoms. The number of rotatable bonds is 5. The van der Waals surface area contributed by atoms with E-state index in [1.54, 1.807) is 7.05 Å². The first-order chi connectivity index (χ1) is 6.88. The molecule has 0 aromatic carbocycles. The zero-order valence-electron chi connectivity index (χ0n) is 9.83. The summed E-state index contributed by atoms with van der Waals surface area (Å²) in [6.07, 6.45) is 0.557. The second kappa shape index (κ2) is 6.40. The fraction of sp³-hybridized carbons (Fsp3) is 0.800. The highest BCUT2D eigenvalue weighted by atomic mass is 16.2. The van der Waals surface area contributed by atoms with Crippen LogP contribution in [0, 0.1) is 5.92 Å². The summed E-state index contributed by atoms with van der Waals surface area (Å²) in [5.74, 6) is -0.271. The normalized spacial score (nSPS) is 16.3. The van der Waals surface area contributed by atoms with Crippen molar-refractivity contribution >= 4 is 11.8 Å². The van der Waals surface area contributed by atoms with Crippen LogP contribution in [0.1, 0.15) is 27.2 Å². The van der Waals surface area contributed by atoms with Gasteiger partial charge in [-0.05, 0) is 13.3 Å². The number of hydrogen-bond acceptors (Lipinski definition) is 3. The highest BCUT2D eigenvalue weighted by Crippen LogP contribution is 2.07. The molecule has 0 aliphatic heterocycles. The first-order valence-electron chi connectivity index (χ1n) is 5.12. The van der Waals surface area contributed by atoms with E-state index in [-0.39, 0.29) is 29.8 Å². The Morgan fingerprint density at radius 3 is 2.27 bits per heavy atom. The summed E-state index contributed by atoms with van der Waals surface area (Å²) in [5, 5.41) is 5.28. The third-order valence-corrected chi connectivity index (χ3v) is 2.39. The van der Waals surface area contributed by atoms with Gasteiger partial charge in [-0.15, -0.1) is 0 Å². The minimum Gasteiger partial charge on any atom is -0.359 e. The maximum Gasteiger partial charge on any atom is 0.222 e. The standard InChI is InChI=1S/C10H21N3O2/c1-6(10(15)12-4)5-9(11)7(2)13-8(3)14/h6-7,9H,5,11H2,1-4H3,(H,12,15)(H,13,14). The van der Waals surface area contributed by atoms with Crippen molar-refractivity contribution in [2.75, 3.05) is 7.05 Å². The fourth-order valence-electron chi connectivity index (χ4n) is 1.39. The maximum atomic E-state index is 11.2. The highest BCUT2D eigenvalue weighted by molar-refractivity contribution is 5.78. The van der Waals surface area contributed by atoms with Crippen LogP contribution in [0.2, 0.25) is 0 Å². The zero-order chi connectivity index (χ0) is 12.0. The monoisotopic (exact) mass is 215 g/mol. The zero-order valence-corrected chi connectivity index (χ0v) is 9.83. The van der Waals surface area contributed by atoms with Gasteiger partial charge in [0.15, 0.2) is 0 Å². The number of nitrogens with one attached hydrogen (secondary N) is 2. The Morgan fingerprint density at radius 2 is 1.87 bits per heavy atom. The van der Waals surface area contributed by atoms with Gasteiger partial charge in [0.2, 0.25) is 11.8 Å². The van der Waals surface area contributed by atoms with E-state index < -0.39 is 0 Å². The van der Waals surface area contributed by atoms with Gasteiger partial charge in [0.1, 0.15) is 0 Å². The summed E-state index contributed by atoms with van der Waals surface area (Å²) < 4.78 is 0. The Kier molecular flexibility index (Phi) is 5.93. The Hall–Kier alpha value is -1.10. The molecule has 0 spiro atoms. The molecule has 2 amide bonds. The van der Waals surface area contributed by atoms with Gasteiger partial charge >= 0.3 is 0 Å². The molecule has 5 nitrogen and oxygen atoms in total. The molecule has 0 aromatic rings. The molecule has 0 saturated carbocycles. The van der Waals surface area contributed by atoms with E-state index in [0.717, 1.165) is 0 Å². The van der Waals surface area contributed by atoms with E-state index in [1.807, 2.05) is 13.8 Å². The summed E-state index contributed by atoms with van der Waals surface area (Å²) in [7, 11) is 1.60. The van der Waals surface area contributed by atoms with Crippen LogP contribution < -0.4 is 16.4 Å². The smallest absolute Gasteiger partial charge is 0.222 e. The van der Waals surface area contributed by atoms with E-state index in [2.05, 4.69) is 10.6 Å². The van der Waals surface area contributed by atoms with Crippen molar-refractivity contribution in [1.29, 1.82) is 0 Å². The number of carbonyl (C=O) groups is 2. The minimum atomic E-state index is -0.207. The molecule has 4 N–H and O–H groups in total. The van der Waals surface area contributed by atoms with E-state index >= 15 is 0 Å². The summed E-state index contributed by atoms with van der Waals surface area (Å²) in [5.41, 5.74) is 5.86. The molecule has 0 heterocycles. The number of nitrogens with two attached hydrogens (primary N) is 1. The molecule has 0 radical (unpaired) electrons. The van der Waals surface area contributed by atoms with Crippen LogP contribution in [0.3, 0.4) is 0 Å². The van der Waals surface area contributed by atoms with E-state index in [0.29, 0.717) is 6.42 Å². The van der Waals surface area contributed by atoms with Crippen LogP contribution in [-0.4, -0.2) is 30.9 Å². The topological polar surface area (TPSA) is 84.2 Å². The molecule has 0 aliphatic rings. The van der Waals surface area contributed by atoms with Crippen LogP contribution in [0.5, 0.6) is 0 Å². The average molecular weight is 215 g/mol. The van der Waals surface area contributed by atoms with Crippen molar-refractivity contribution in [3.63, 3.8) is 0 Å². The molecule has 3 atom stereocenters. The lowest BCUT2D eigenvalue weighted by Crippen LogP contribution is -2.46. The summed E-state index contributed by atoms with van der Waals surface area (Å²) in [4.78, 5) is 22.0. The average Bonchev–Trinajstić information content (AvgIpc) is 2.15. The first-order valence-corrected chi connectivity index (χ1v) is 5.12. The van der Waals surface area contributed by atoms with Crippen molar-refractivity contribution in [3.05, 3.63) is 0 Å². The van der Waals surface area contributed by atoms with Gasteiger partial charge in [0.05, 0.1) is 0 Å². The van der Waals surface area contributed by atoms with Crippen LogP contribution in [0.4, 0.5) is 0 Å². The van der Waals surface area contributed by atoms with Crippen molar-refractivity contribution in [2.45, 2.75) is 39.3 Å². The van der Waals surface area contributed by atoms with Crippen LogP contribution in [0.15, 0.2) is 0 Å². The molecular formula is C10H21N3O2. The second-order valence-corrected chi connectivity index (χ2v) is 3.90. The molecule has 0 bridgehead atoms. The number of hydrogen-bond donors (Lipinski definition) is 3. The van der Waals surface area contributed by atoms with Gasteiger partial charge in [-0.25, -0.2) is 0 Å². The van der Waals surface area contributed by atoms with E-state index in [1.165, 1.54) is 6.92 Å². The SMILES string of the molecule is CNC(=O)C(C)CC(N)C(C)NC(C)=O. The van der Waals surface area contributed by atoms with Gasteiger partial charge < -0.3 is 16.4 Å². The van der Waals surface area contributed by atoms with Crippen LogP contribution >= 0.6 is 0 Å². The van der Waals surface area contributed by atoms with Crippen LogP contribution in [-0.2, 0) is 9.59 Å². The summed E-state index contributed by atoms with van der Waals surface area (Å²) in [6, 6.07) is -0.323. The number of carbonyl (C=O) groups excluding carboxylic acids is 2. The van der Waals surface area contributed by atoms with Crippen LogP contribution in [0.25, 0.3) is 0 Å². The third kappa shape index (κ3) is 5.37. The van der Waals surface area contributed by atoms with Gasteiger partial charge in [-0.1, -0.05) is 6.92 Å². The summed E-state index contributed by atoms with van der Waals surface area (Å²) in [6.45, 7) is 5.10. The fourth-order valence-corrected chi connectivity index (χ4v) is 1.39. The Bertz CT molecular complexity index is 231. The van der Waals surface area contributed by atoms with Crippen molar-refractivity contribution in [2.24, 2.45) is 11.7 Å². The predicted molar refractivity (Wildman–Crippen MR) is 59.1 cm³/mol. The van der Waals surface area contributed by atoms with Gasteiger partial charge in [-0.3, -0.25) is 9.59 Å².